The maximum atomic E-state index is 2.56. The maximum Gasteiger partial charge on any atom is 0.0726 e. The predicted octanol–water partition coefficient (Wildman–Crippen LogP) is 15.8. The Labute approximate surface area is 354 Å². The molecular weight excluding hydrogens is 743 g/mol. The van der Waals surface area contributed by atoms with Crippen LogP contribution >= 0.6 is 11.3 Å². The normalized spacial score (nSPS) is 14.4. The molecule has 0 N–H and O–H groups in total. The van der Waals surface area contributed by atoms with Crippen LogP contribution in [0.1, 0.15) is 47.2 Å². The number of anilines is 3. The number of hydrogen-bond acceptors (Lipinski definition) is 2. The number of nitrogens with zero attached hydrogens (tertiary/aromatic N) is 1. The summed E-state index contributed by atoms with van der Waals surface area (Å²) in [7, 11) is 0. The Morgan fingerprint density at radius 2 is 0.933 bits per heavy atom. The van der Waals surface area contributed by atoms with E-state index >= 15 is 0 Å². The Balaban J connectivity index is 1.11. The molecule has 3 aliphatic carbocycles. The summed E-state index contributed by atoms with van der Waals surface area (Å²) in [6, 6.07) is 75.4. The standard InChI is InChI=1S/C58H39NS/c1-57(2)46-33-31-37(34-45(46)55-39(22-14-26-50(55)57)36-16-4-3-5-17-36)59(38-30-32-43-42-20-9-13-29-53(42)60-54(43)35-38)52-28-15-27-51-56(52)44-21-8-12-25-49(44)58(51)47-23-10-6-18-40(47)41-19-7-11-24-48(41)58/h3-35H,1-2H3. The van der Waals surface area contributed by atoms with Gasteiger partial charge in [-0.2, -0.15) is 0 Å². The zero-order valence-electron chi connectivity index (χ0n) is 33.4. The summed E-state index contributed by atoms with van der Waals surface area (Å²) in [4.78, 5) is 2.56. The molecule has 3 aliphatic rings. The molecule has 1 heterocycles. The summed E-state index contributed by atoms with van der Waals surface area (Å²) < 4.78 is 2.61. The fourth-order valence-corrected chi connectivity index (χ4v) is 12.5. The second-order valence-electron chi connectivity index (χ2n) is 17.1. The van der Waals surface area contributed by atoms with E-state index < -0.39 is 5.41 Å². The number of benzene rings is 9. The number of rotatable bonds is 4. The first-order valence-electron chi connectivity index (χ1n) is 21.0. The first-order valence-corrected chi connectivity index (χ1v) is 21.8. The molecule has 282 valence electrons. The number of thiophene rings is 1. The molecule has 9 aromatic carbocycles. The predicted molar refractivity (Wildman–Crippen MR) is 253 cm³/mol. The summed E-state index contributed by atoms with van der Waals surface area (Å²) in [5.41, 5.74) is 21.5. The van der Waals surface area contributed by atoms with Crippen LogP contribution in [0, 0.1) is 0 Å². The minimum atomic E-state index is -0.429. The Morgan fingerprint density at radius 1 is 0.367 bits per heavy atom. The van der Waals surface area contributed by atoms with Crippen LogP contribution in [0.4, 0.5) is 17.1 Å². The molecule has 0 atom stereocenters. The van der Waals surface area contributed by atoms with Gasteiger partial charge in [0.25, 0.3) is 0 Å². The van der Waals surface area contributed by atoms with E-state index in [0.29, 0.717) is 0 Å². The second-order valence-corrected chi connectivity index (χ2v) is 18.2. The van der Waals surface area contributed by atoms with Crippen molar-refractivity contribution in [3.8, 4) is 44.5 Å². The van der Waals surface area contributed by atoms with Crippen LogP contribution in [0.5, 0.6) is 0 Å². The minimum absolute atomic E-state index is 0.141. The van der Waals surface area contributed by atoms with Crippen molar-refractivity contribution in [3.05, 3.63) is 234 Å². The van der Waals surface area contributed by atoms with Gasteiger partial charge < -0.3 is 4.90 Å². The second kappa shape index (κ2) is 12.3. The zero-order valence-corrected chi connectivity index (χ0v) is 34.2. The van der Waals surface area contributed by atoms with Gasteiger partial charge in [-0.3, -0.25) is 0 Å². The molecule has 0 saturated carbocycles. The molecule has 0 amide bonds. The van der Waals surface area contributed by atoms with Crippen molar-refractivity contribution in [2.45, 2.75) is 24.7 Å². The van der Waals surface area contributed by atoms with E-state index in [0.717, 1.165) is 11.4 Å². The quantitative estimate of drug-likeness (QED) is 0.172. The number of hydrogen-bond donors (Lipinski definition) is 0. The van der Waals surface area contributed by atoms with Crippen molar-refractivity contribution in [2.24, 2.45) is 0 Å². The molecule has 0 saturated heterocycles. The molecule has 2 heteroatoms. The number of fused-ring (bicyclic) bond motifs is 16. The molecule has 0 bridgehead atoms. The van der Waals surface area contributed by atoms with Gasteiger partial charge in [0, 0.05) is 42.5 Å². The van der Waals surface area contributed by atoms with Gasteiger partial charge in [0.05, 0.1) is 11.1 Å². The van der Waals surface area contributed by atoms with Crippen LogP contribution in [-0.4, -0.2) is 0 Å². The van der Waals surface area contributed by atoms with Crippen molar-refractivity contribution in [1.82, 2.24) is 0 Å². The van der Waals surface area contributed by atoms with Crippen molar-refractivity contribution < 1.29 is 0 Å². The SMILES string of the molecule is CC1(C)c2ccc(N(c3ccc4c(c3)sc3ccccc34)c3cccc4c3-c3ccccc3C43c4ccccc4-c4ccccc43)cc2-c2c(-c3ccccc3)cccc21. The Morgan fingerprint density at radius 3 is 1.72 bits per heavy atom. The van der Waals surface area contributed by atoms with E-state index in [1.807, 2.05) is 11.3 Å². The average molecular weight is 782 g/mol. The van der Waals surface area contributed by atoms with Gasteiger partial charge in [0.15, 0.2) is 0 Å². The third kappa shape index (κ3) is 4.36. The Hall–Kier alpha value is -7.00. The fraction of sp³-hybridized carbons (Fsp3) is 0.0690. The average Bonchev–Trinajstić information content (AvgIpc) is 3.99. The first-order chi connectivity index (χ1) is 29.5. The van der Waals surface area contributed by atoms with Crippen LogP contribution < -0.4 is 4.90 Å². The largest absolute Gasteiger partial charge is 0.310 e. The highest BCUT2D eigenvalue weighted by Gasteiger charge is 2.52. The summed E-state index contributed by atoms with van der Waals surface area (Å²) in [5.74, 6) is 0. The van der Waals surface area contributed by atoms with Gasteiger partial charge in [0.1, 0.15) is 0 Å². The molecule has 1 nitrogen and oxygen atoms in total. The zero-order chi connectivity index (χ0) is 39.7. The Bertz CT molecular complexity index is 3380. The van der Waals surface area contributed by atoms with Gasteiger partial charge in [-0.25, -0.2) is 0 Å². The Kier molecular flexibility index (Phi) is 6.94. The monoisotopic (exact) mass is 781 g/mol. The third-order valence-electron chi connectivity index (χ3n) is 13.9. The summed E-state index contributed by atoms with van der Waals surface area (Å²) in [5, 5.41) is 2.62. The molecule has 0 fully saturated rings. The van der Waals surface area contributed by atoms with E-state index in [2.05, 4.69) is 219 Å². The molecular formula is C58H39NS. The summed E-state index contributed by atoms with van der Waals surface area (Å²) in [6.07, 6.45) is 0. The highest BCUT2D eigenvalue weighted by Crippen LogP contribution is 2.65. The molecule has 1 aromatic heterocycles. The molecule has 1 spiro atoms. The van der Waals surface area contributed by atoms with Gasteiger partial charge in [-0.1, -0.05) is 178 Å². The summed E-state index contributed by atoms with van der Waals surface area (Å²) >= 11 is 1.88. The molecule has 13 rings (SSSR count). The molecule has 10 aromatic rings. The summed E-state index contributed by atoms with van der Waals surface area (Å²) in [6.45, 7) is 4.77. The van der Waals surface area contributed by atoms with Crippen LogP contribution in [-0.2, 0) is 10.8 Å². The van der Waals surface area contributed by atoms with Crippen LogP contribution in [0.3, 0.4) is 0 Å². The topological polar surface area (TPSA) is 3.24 Å². The van der Waals surface area contributed by atoms with Crippen molar-refractivity contribution in [1.29, 1.82) is 0 Å². The minimum Gasteiger partial charge on any atom is -0.310 e. The third-order valence-corrected chi connectivity index (χ3v) is 15.0. The highest BCUT2D eigenvalue weighted by atomic mass is 32.1. The van der Waals surface area contributed by atoms with Gasteiger partial charge in [-0.15, -0.1) is 11.3 Å². The molecule has 0 radical (unpaired) electrons. The van der Waals surface area contributed by atoms with Crippen molar-refractivity contribution in [3.63, 3.8) is 0 Å². The lowest BCUT2D eigenvalue weighted by molar-refractivity contribution is 0.660. The lowest BCUT2D eigenvalue weighted by atomic mass is 9.70. The highest BCUT2D eigenvalue weighted by molar-refractivity contribution is 7.25. The van der Waals surface area contributed by atoms with E-state index in [4.69, 9.17) is 0 Å². The molecule has 0 aliphatic heterocycles. The van der Waals surface area contributed by atoms with Gasteiger partial charge in [-0.05, 0) is 109 Å². The van der Waals surface area contributed by atoms with Crippen LogP contribution in [0.2, 0.25) is 0 Å². The molecule has 0 unspecified atom stereocenters. The molecule has 60 heavy (non-hydrogen) atoms. The van der Waals surface area contributed by atoms with E-state index in [1.54, 1.807) is 0 Å². The lowest BCUT2D eigenvalue weighted by Crippen LogP contribution is -2.26. The van der Waals surface area contributed by atoms with Crippen LogP contribution in [0.25, 0.3) is 64.7 Å². The lowest BCUT2D eigenvalue weighted by Gasteiger charge is -2.32. The van der Waals surface area contributed by atoms with Crippen molar-refractivity contribution >= 4 is 48.6 Å². The smallest absolute Gasteiger partial charge is 0.0726 e. The first kappa shape index (κ1) is 33.9. The van der Waals surface area contributed by atoms with E-state index in [-0.39, 0.29) is 5.41 Å². The van der Waals surface area contributed by atoms with Crippen molar-refractivity contribution in [2.75, 3.05) is 4.90 Å². The van der Waals surface area contributed by atoms with E-state index in [1.165, 1.54) is 104 Å². The van der Waals surface area contributed by atoms with Crippen LogP contribution in [0.15, 0.2) is 200 Å². The van der Waals surface area contributed by atoms with Gasteiger partial charge >= 0.3 is 0 Å². The fourth-order valence-electron chi connectivity index (χ4n) is 11.4. The maximum absolute atomic E-state index is 2.56. The van der Waals surface area contributed by atoms with E-state index in [9.17, 15) is 0 Å². The van der Waals surface area contributed by atoms with Gasteiger partial charge in [0.2, 0.25) is 0 Å².